The molecule has 1 atom stereocenters. The van der Waals surface area contributed by atoms with Crippen LogP contribution in [0.2, 0.25) is 0 Å². The van der Waals surface area contributed by atoms with E-state index < -0.39 is 44.2 Å². The molecule has 1 aliphatic rings. The van der Waals surface area contributed by atoms with Crippen molar-refractivity contribution in [1.29, 1.82) is 0 Å². The first-order valence-electron chi connectivity index (χ1n) is 6.57. The molecular weight excluding hydrogens is 342 g/mol. The van der Waals surface area contributed by atoms with Crippen molar-refractivity contribution in [3.8, 4) is 0 Å². The van der Waals surface area contributed by atoms with Crippen LogP contribution < -0.4 is 5.32 Å². The predicted molar refractivity (Wildman–Crippen MR) is 82.3 cm³/mol. The Bertz CT molecular complexity index is 875. The highest BCUT2D eigenvalue weighted by Crippen LogP contribution is 2.32. The number of carboxylic acid groups (broad SMARTS) is 1. The van der Waals surface area contributed by atoms with Gasteiger partial charge in [-0.25, -0.2) is 22.3 Å². The monoisotopic (exact) mass is 355 g/mol. The quantitative estimate of drug-likeness (QED) is 0.598. The second kappa shape index (κ2) is 5.92. The van der Waals surface area contributed by atoms with Gasteiger partial charge in [0.25, 0.3) is 5.69 Å². The lowest BCUT2D eigenvalue weighted by atomic mass is 9.98. The maximum atomic E-state index is 12.1. The highest BCUT2D eigenvalue weighted by Gasteiger charge is 2.41. The molecule has 2 N–H and O–H groups in total. The third-order valence-corrected chi connectivity index (χ3v) is 4.63. The summed E-state index contributed by atoms with van der Waals surface area (Å²) in [6, 6.07) is 2.85. The van der Waals surface area contributed by atoms with E-state index in [-0.39, 0.29) is 11.3 Å². The number of hydrogen-bond acceptors (Lipinski definition) is 6. The summed E-state index contributed by atoms with van der Waals surface area (Å²) in [7, 11) is -4.03. The minimum absolute atomic E-state index is 0.117. The van der Waals surface area contributed by atoms with Crippen LogP contribution in [0.3, 0.4) is 0 Å². The zero-order valence-electron chi connectivity index (χ0n) is 12.6. The number of hydrogen-bond donors (Lipinski definition) is 2. The number of nitro groups is 1. The first kappa shape index (κ1) is 17.4. The summed E-state index contributed by atoms with van der Waals surface area (Å²) < 4.78 is 23.9. The highest BCUT2D eigenvalue weighted by molar-refractivity contribution is 7.88. The number of rotatable bonds is 4. The molecule has 1 heterocycles. The maximum Gasteiger partial charge on any atom is 0.336 e. The summed E-state index contributed by atoms with van der Waals surface area (Å²) in [6.45, 7) is 1.22. The van der Waals surface area contributed by atoms with Crippen molar-refractivity contribution >= 4 is 33.4 Å². The molecule has 0 aromatic heterocycles. The molecule has 0 spiro atoms. The summed E-state index contributed by atoms with van der Waals surface area (Å²) in [5.41, 5.74) is -1.29. The molecule has 0 saturated carbocycles. The molecule has 10 nitrogen and oxygen atoms in total. The Hall–Kier alpha value is -2.95. The van der Waals surface area contributed by atoms with E-state index in [2.05, 4.69) is 5.32 Å². The number of aliphatic carboxylic acids is 1. The van der Waals surface area contributed by atoms with Crippen molar-refractivity contribution < 1.29 is 28.0 Å². The molecule has 1 unspecified atom stereocenters. The molecule has 0 bridgehead atoms. The molecule has 2 rings (SSSR count). The molecule has 1 aromatic rings. The van der Waals surface area contributed by atoms with Crippen LogP contribution in [0.5, 0.6) is 0 Å². The lowest BCUT2D eigenvalue weighted by Crippen LogP contribution is -2.53. The Morgan fingerprint density at radius 1 is 1.38 bits per heavy atom. The summed E-state index contributed by atoms with van der Waals surface area (Å²) in [5.74, 6) is -1.50. The number of carbonyl (C=O) groups excluding carboxylic acids is 1. The number of amides is 2. The van der Waals surface area contributed by atoms with E-state index in [0.717, 1.165) is 12.3 Å². The first-order chi connectivity index (χ1) is 11.1. The Balaban J connectivity index is 2.76. The van der Waals surface area contributed by atoms with Crippen LogP contribution in [0.4, 0.5) is 10.5 Å². The Morgan fingerprint density at radius 3 is 2.46 bits per heavy atom. The van der Waals surface area contributed by atoms with Crippen molar-refractivity contribution in [2.24, 2.45) is 0 Å². The minimum atomic E-state index is -4.03. The van der Waals surface area contributed by atoms with Gasteiger partial charge >= 0.3 is 12.0 Å². The van der Waals surface area contributed by atoms with Gasteiger partial charge in [0.05, 0.1) is 34.1 Å². The number of carbonyl (C=O) groups is 2. The second-order valence-electron chi connectivity index (χ2n) is 5.03. The zero-order valence-corrected chi connectivity index (χ0v) is 13.4. The van der Waals surface area contributed by atoms with E-state index in [1.807, 2.05) is 0 Å². The highest BCUT2D eigenvalue weighted by atomic mass is 32.2. The van der Waals surface area contributed by atoms with Gasteiger partial charge in [-0.3, -0.25) is 10.1 Å². The maximum absolute atomic E-state index is 12.1. The molecular formula is C13H13N3O7S. The molecule has 0 aliphatic carbocycles. The third kappa shape index (κ3) is 2.93. The van der Waals surface area contributed by atoms with Crippen molar-refractivity contribution in [1.82, 2.24) is 9.62 Å². The van der Waals surface area contributed by atoms with Crippen molar-refractivity contribution in [3.63, 3.8) is 0 Å². The molecule has 11 heteroatoms. The summed E-state index contributed by atoms with van der Waals surface area (Å²) in [6.07, 6.45) is 0.762. The van der Waals surface area contributed by atoms with Crippen molar-refractivity contribution in [3.05, 3.63) is 45.5 Å². The van der Waals surface area contributed by atoms with Gasteiger partial charge in [-0.05, 0) is 13.0 Å². The molecule has 0 fully saturated rings. The SMILES string of the molecule is CC1C(C(=O)O)=C(c2ccccc2[N+](=O)[O-])NC(=O)N1S(C)(=O)=O. The number of nitrogens with zero attached hydrogens (tertiary/aromatic N) is 2. The van der Waals surface area contributed by atoms with E-state index >= 15 is 0 Å². The summed E-state index contributed by atoms with van der Waals surface area (Å²) in [5, 5.41) is 22.7. The number of urea groups is 1. The van der Waals surface area contributed by atoms with Gasteiger partial charge < -0.3 is 10.4 Å². The van der Waals surface area contributed by atoms with Crippen LogP contribution in [-0.2, 0) is 14.8 Å². The van der Waals surface area contributed by atoms with E-state index in [1.54, 1.807) is 0 Å². The fourth-order valence-electron chi connectivity index (χ4n) is 2.51. The smallest absolute Gasteiger partial charge is 0.336 e. The Morgan fingerprint density at radius 2 is 1.96 bits per heavy atom. The van der Waals surface area contributed by atoms with Gasteiger partial charge in [0.15, 0.2) is 0 Å². The minimum Gasteiger partial charge on any atom is -0.478 e. The molecule has 24 heavy (non-hydrogen) atoms. The van der Waals surface area contributed by atoms with Crippen LogP contribution in [0, 0.1) is 10.1 Å². The van der Waals surface area contributed by atoms with E-state index in [9.17, 15) is 33.2 Å². The van der Waals surface area contributed by atoms with Crippen molar-refractivity contribution in [2.75, 3.05) is 6.26 Å². The van der Waals surface area contributed by atoms with Crippen LogP contribution in [0.1, 0.15) is 12.5 Å². The van der Waals surface area contributed by atoms with Crippen LogP contribution in [0.25, 0.3) is 5.70 Å². The van der Waals surface area contributed by atoms with Gasteiger partial charge in [0, 0.05) is 6.07 Å². The number of carboxylic acids is 1. The van der Waals surface area contributed by atoms with E-state index in [1.165, 1.54) is 25.1 Å². The number of sulfonamides is 1. The Labute approximate surface area is 136 Å². The van der Waals surface area contributed by atoms with Gasteiger partial charge in [-0.2, -0.15) is 0 Å². The molecule has 128 valence electrons. The predicted octanol–water partition coefficient (Wildman–Crippen LogP) is 0.764. The van der Waals surface area contributed by atoms with Crippen LogP contribution in [0.15, 0.2) is 29.8 Å². The van der Waals surface area contributed by atoms with Gasteiger partial charge in [0.2, 0.25) is 10.0 Å². The average molecular weight is 355 g/mol. The molecule has 1 aromatic carbocycles. The first-order valence-corrected chi connectivity index (χ1v) is 8.42. The van der Waals surface area contributed by atoms with E-state index in [0.29, 0.717) is 4.31 Å². The largest absolute Gasteiger partial charge is 0.478 e. The normalized spacial score (nSPS) is 18.3. The number of benzene rings is 1. The third-order valence-electron chi connectivity index (χ3n) is 3.43. The molecule has 0 radical (unpaired) electrons. The summed E-state index contributed by atoms with van der Waals surface area (Å²) in [4.78, 5) is 34.2. The van der Waals surface area contributed by atoms with Crippen LogP contribution in [-0.4, -0.2) is 47.1 Å². The molecule has 2 amide bonds. The van der Waals surface area contributed by atoms with E-state index in [4.69, 9.17) is 0 Å². The van der Waals surface area contributed by atoms with Crippen molar-refractivity contribution in [2.45, 2.75) is 13.0 Å². The lowest BCUT2D eigenvalue weighted by Gasteiger charge is -2.33. The average Bonchev–Trinajstić information content (AvgIpc) is 2.44. The van der Waals surface area contributed by atoms with Crippen LogP contribution >= 0.6 is 0 Å². The fraction of sp³-hybridized carbons (Fsp3) is 0.231. The summed E-state index contributed by atoms with van der Waals surface area (Å²) >= 11 is 0. The topological polar surface area (TPSA) is 147 Å². The Kier molecular flexibility index (Phi) is 4.30. The van der Waals surface area contributed by atoms with Gasteiger partial charge in [-0.1, -0.05) is 12.1 Å². The fourth-order valence-corrected chi connectivity index (χ4v) is 3.54. The standard InChI is InChI=1S/C13H13N3O7S/c1-7-10(12(17)18)11(14-13(19)15(7)24(2,22)23)8-5-3-4-6-9(8)16(20)21/h3-7H,1-2H3,(H,14,19)(H,17,18). The molecule has 1 aliphatic heterocycles. The zero-order chi connectivity index (χ0) is 18.2. The lowest BCUT2D eigenvalue weighted by molar-refractivity contribution is -0.385. The number of nitro benzene ring substituents is 1. The van der Waals surface area contributed by atoms with Gasteiger partial charge in [0.1, 0.15) is 0 Å². The number of nitrogens with one attached hydrogen (secondary N) is 1. The van der Waals surface area contributed by atoms with Gasteiger partial charge in [-0.15, -0.1) is 0 Å². The molecule has 0 saturated heterocycles. The number of para-hydroxylation sites is 1. The second-order valence-corrected chi connectivity index (χ2v) is 6.89.